The van der Waals surface area contributed by atoms with E-state index in [0.717, 1.165) is 42.1 Å². The van der Waals surface area contributed by atoms with Crippen molar-refractivity contribution in [2.45, 2.75) is 25.4 Å². The quantitative estimate of drug-likeness (QED) is 0.679. The van der Waals surface area contributed by atoms with Gasteiger partial charge in [-0.05, 0) is 36.9 Å². The van der Waals surface area contributed by atoms with Gasteiger partial charge in [-0.15, -0.1) is 0 Å². The summed E-state index contributed by atoms with van der Waals surface area (Å²) in [6.07, 6.45) is 2.56. The van der Waals surface area contributed by atoms with Crippen LogP contribution in [0.15, 0.2) is 22.7 Å². The first-order chi connectivity index (χ1) is 9.61. The maximum atomic E-state index is 10.9. The van der Waals surface area contributed by atoms with E-state index in [1.807, 2.05) is 6.07 Å². The Kier molecular flexibility index (Phi) is 4.05. The van der Waals surface area contributed by atoms with Crippen LogP contribution in [0.1, 0.15) is 18.4 Å². The number of hydrogen-bond acceptors (Lipinski definition) is 4. The van der Waals surface area contributed by atoms with Crippen molar-refractivity contribution in [1.82, 2.24) is 10.2 Å². The lowest BCUT2D eigenvalue weighted by molar-refractivity contribution is -0.385. The van der Waals surface area contributed by atoms with E-state index in [1.165, 1.54) is 12.8 Å². The third kappa shape index (κ3) is 3.02. The molecule has 2 fully saturated rings. The van der Waals surface area contributed by atoms with E-state index in [9.17, 15) is 10.1 Å². The smallest absolute Gasteiger partial charge is 0.270 e. The third-order valence-electron chi connectivity index (χ3n) is 4.23. The minimum absolute atomic E-state index is 0.157. The van der Waals surface area contributed by atoms with E-state index in [1.54, 1.807) is 12.1 Å². The number of likely N-dealkylation sites (tertiary alicyclic amines) is 1. The molecule has 0 bridgehead atoms. The van der Waals surface area contributed by atoms with Crippen molar-refractivity contribution in [2.75, 3.05) is 19.6 Å². The van der Waals surface area contributed by atoms with Crippen LogP contribution in [0.25, 0.3) is 0 Å². The molecule has 1 N–H and O–H groups in total. The highest BCUT2D eigenvalue weighted by Gasteiger charge is 2.34. The minimum Gasteiger partial charge on any atom is -0.312 e. The molecule has 2 aliphatic heterocycles. The van der Waals surface area contributed by atoms with Crippen LogP contribution in [0.3, 0.4) is 0 Å². The Labute approximate surface area is 126 Å². The van der Waals surface area contributed by atoms with Crippen molar-refractivity contribution in [2.24, 2.45) is 5.92 Å². The van der Waals surface area contributed by atoms with Gasteiger partial charge in [-0.1, -0.05) is 15.9 Å². The Morgan fingerprint density at radius 1 is 1.40 bits per heavy atom. The van der Waals surface area contributed by atoms with Crippen molar-refractivity contribution in [1.29, 1.82) is 0 Å². The van der Waals surface area contributed by atoms with Gasteiger partial charge in [0.25, 0.3) is 5.69 Å². The zero-order valence-electron chi connectivity index (χ0n) is 11.2. The molecule has 0 unspecified atom stereocenters. The summed E-state index contributed by atoms with van der Waals surface area (Å²) in [5.74, 6) is 0.742. The van der Waals surface area contributed by atoms with Crippen LogP contribution in [0.4, 0.5) is 5.69 Å². The second-order valence-electron chi connectivity index (χ2n) is 5.73. The van der Waals surface area contributed by atoms with Gasteiger partial charge in [-0.25, -0.2) is 0 Å². The van der Waals surface area contributed by atoms with Crippen LogP contribution < -0.4 is 5.32 Å². The minimum atomic E-state index is -0.334. The maximum Gasteiger partial charge on any atom is 0.270 e. The largest absolute Gasteiger partial charge is 0.312 e. The Bertz CT molecular complexity index is 509. The Morgan fingerprint density at radius 3 is 3.00 bits per heavy atom. The highest BCUT2D eigenvalue weighted by atomic mass is 79.9. The molecule has 0 aromatic heterocycles. The van der Waals surface area contributed by atoms with Gasteiger partial charge in [0, 0.05) is 42.3 Å². The van der Waals surface area contributed by atoms with Gasteiger partial charge in [0.05, 0.1) is 4.92 Å². The summed E-state index contributed by atoms with van der Waals surface area (Å²) >= 11 is 3.36. The van der Waals surface area contributed by atoms with Gasteiger partial charge in [-0.3, -0.25) is 15.0 Å². The van der Waals surface area contributed by atoms with Crippen LogP contribution in [-0.2, 0) is 6.54 Å². The first kappa shape index (κ1) is 14.0. The molecule has 3 rings (SSSR count). The Hall–Kier alpha value is -0.980. The zero-order chi connectivity index (χ0) is 14.1. The Morgan fingerprint density at radius 2 is 2.25 bits per heavy atom. The van der Waals surface area contributed by atoms with Crippen molar-refractivity contribution < 1.29 is 4.92 Å². The number of nitrogens with zero attached hydrogens (tertiary/aromatic N) is 2. The first-order valence-corrected chi connectivity index (χ1v) is 7.81. The number of benzene rings is 1. The molecule has 2 heterocycles. The molecule has 2 atom stereocenters. The summed E-state index contributed by atoms with van der Waals surface area (Å²) in [5, 5.41) is 14.5. The normalized spacial score (nSPS) is 26.4. The van der Waals surface area contributed by atoms with Crippen LogP contribution in [0.2, 0.25) is 0 Å². The molecule has 2 aliphatic rings. The number of nitro benzene ring substituents is 1. The van der Waals surface area contributed by atoms with Gasteiger partial charge < -0.3 is 5.32 Å². The average molecular weight is 340 g/mol. The zero-order valence-corrected chi connectivity index (χ0v) is 12.8. The van der Waals surface area contributed by atoms with Gasteiger partial charge in [0.15, 0.2) is 0 Å². The fourth-order valence-electron chi connectivity index (χ4n) is 3.35. The van der Waals surface area contributed by atoms with Crippen molar-refractivity contribution in [3.05, 3.63) is 38.3 Å². The highest BCUT2D eigenvalue weighted by molar-refractivity contribution is 9.10. The SMILES string of the molecule is O=[N+]([O-])c1cc(Br)cc(CN2C[C@@H]3CCCN[C@@H]3C2)c1. The number of halogens is 1. The maximum absolute atomic E-state index is 10.9. The number of rotatable bonds is 3. The summed E-state index contributed by atoms with van der Waals surface area (Å²) in [7, 11) is 0. The van der Waals surface area contributed by atoms with E-state index < -0.39 is 0 Å². The third-order valence-corrected chi connectivity index (χ3v) is 4.69. The number of nitro groups is 1. The summed E-state index contributed by atoms with van der Waals surface area (Å²) in [4.78, 5) is 13.0. The van der Waals surface area contributed by atoms with Crippen LogP contribution in [0.5, 0.6) is 0 Å². The van der Waals surface area contributed by atoms with Gasteiger partial charge in [-0.2, -0.15) is 0 Å². The lowest BCUT2D eigenvalue weighted by Crippen LogP contribution is -2.40. The van der Waals surface area contributed by atoms with E-state index in [4.69, 9.17) is 0 Å². The number of non-ortho nitro benzene ring substituents is 1. The fraction of sp³-hybridized carbons (Fsp3) is 0.571. The molecule has 0 saturated carbocycles. The van der Waals surface area contributed by atoms with Crippen LogP contribution >= 0.6 is 15.9 Å². The standard InChI is InChI=1S/C14H18BrN3O2/c15-12-4-10(5-13(6-12)18(19)20)7-17-8-11-2-1-3-16-14(11)9-17/h4-6,11,14,16H,1-3,7-9H2/t11-,14+/m0/s1. The second-order valence-corrected chi connectivity index (χ2v) is 6.65. The van der Waals surface area contributed by atoms with Crippen molar-refractivity contribution in [3.63, 3.8) is 0 Å². The van der Waals surface area contributed by atoms with Crippen molar-refractivity contribution >= 4 is 21.6 Å². The summed E-state index contributed by atoms with van der Waals surface area (Å²) in [6.45, 7) is 4.05. The predicted octanol–water partition coefficient (Wildman–Crippen LogP) is 2.54. The molecule has 2 saturated heterocycles. The summed E-state index contributed by atoms with van der Waals surface area (Å²) in [5.41, 5.74) is 1.16. The fourth-order valence-corrected chi connectivity index (χ4v) is 3.88. The van der Waals surface area contributed by atoms with E-state index in [2.05, 4.69) is 26.1 Å². The lowest BCUT2D eigenvalue weighted by atomic mass is 9.94. The number of nitrogens with one attached hydrogen (secondary N) is 1. The number of hydrogen-bond donors (Lipinski definition) is 1. The Balaban J connectivity index is 1.70. The molecule has 5 nitrogen and oxygen atoms in total. The van der Waals surface area contributed by atoms with Crippen LogP contribution in [-0.4, -0.2) is 35.5 Å². The number of piperidine rings is 1. The van der Waals surface area contributed by atoms with Crippen molar-refractivity contribution in [3.8, 4) is 0 Å². The molecule has 0 aliphatic carbocycles. The van der Waals surface area contributed by atoms with Gasteiger partial charge in [0.2, 0.25) is 0 Å². The van der Waals surface area contributed by atoms with E-state index in [-0.39, 0.29) is 10.6 Å². The van der Waals surface area contributed by atoms with Crippen LogP contribution in [0, 0.1) is 16.0 Å². The molecular weight excluding hydrogens is 322 g/mol. The molecule has 0 radical (unpaired) electrons. The van der Waals surface area contributed by atoms with Gasteiger partial charge in [0.1, 0.15) is 0 Å². The molecule has 0 amide bonds. The van der Waals surface area contributed by atoms with E-state index in [0.29, 0.717) is 6.04 Å². The highest BCUT2D eigenvalue weighted by Crippen LogP contribution is 2.28. The predicted molar refractivity (Wildman–Crippen MR) is 80.6 cm³/mol. The topological polar surface area (TPSA) is 58.4 Å². The average Bonchev–Trinajstić information content (AvgIpc) is 2.79. The molecule has 6 heteroatoms. The molecule has 20 heavy (non-hydrogen) atoms. The monoisotopic (exact) mass is 339 g/mol. The summed E-state index contributed by atoms with van der Waals surface area (Å²) < 4.78 is 0.774. The van der Waals surface area contributed by atoms with E-state index >= 15 is 0 Å². The second kappa shape index (κ2) is 5.79. The lowest BCUT2D eigenvalue weighted by Gasteiger charge is -2.24. The first-order valence-electron chi connectivity index (χ1n) is 7.01. The molecule has 1 aromatic rings. The number of fused-ring (bicyclic) bond motifs is 1. The molecule has 1 aromatic carbocycles. The molecule has 108 valence electrons. The van der Waals surface area contributed by atoms with Gasteiger partial charge >= 0.3 is 0 Å². The molecular formula is C14H18BrN3O2. The summed E-state index contributed by atoms with van der Waals surface area (Å²) in [6, 6.07) is 5.81. The molecule has 0 spiro atoms.